The number of nitrogens with one attached hydrogen (secondary N) is 1. The molecule has 7 nitrogen and oxygen atoms in total. The van der Waals surface area contributed by atoms with Crippen LogP contribution in [-0.4, -0.2) is 33.5 Å². The van der Waals surface area contributed by atoms with E-state index in [0.717, 1.165) is 16.5 Å². The Balaban J connectivity index is 1.77. The Hall–Kier alpha value is -4.52. The Kier molecular flexibility index (Phi) is 6.23. The number of phenolic OH excluding ortho intramolecular Hbond substituents is 1. The molecule has 1 atom stereocenters. The molecular formula is C31H30N2O5. The van der Waals surface area contributed by atoms with Crippen LogP contribution in [0.2, 0.25) is 0 Å². The minimum Gasteiger partial charge on any atom is -0.507 e. The summed E-state index contributed by atoms with van der Waals surface area (Å²) in [7, 11) is 0. The Morgan fingerprint density at radius 3 is 2.45 bits per heavy atom. The molecule has 3 N–H and O–H groups in total. The van der Waals surface area contributed by atoms with E-state index in [1.165, 1.54) is 11.0 Å². The number of para-hydroxylation sites is 3. The van der Waals surface area contributed by atoms with E-state index >= 15 is 0 Å². The van der Waals surface area contributed by atoms with Crippen LogP contribution in [0.1, 0.15) is 50.4 Å². The maximum atomic E-state index is 13.6. The molecule has 3 aromatic carbocycles. The number of hydrogen-bond acceptors (Lipinski definition) is 5. The molecular weight excluding hydrogens is 480 g/mol. The summed E-state index contributed by atoms with van der Waals surface area (Å²) in [5.74, 6) is -1.39. The van der Waals surface area contributed by atoms with Gasteiger partial charge in [-0.05, 0) is 48.7 Å². The third-order valence-electron chi connectivity index (χ3n) is 6.86. The molecule has 1 aromatic heterocycles. The van der Waals surface area contributed by atoms with Gasteiger partial charge in [-0.2, -0.15) is 0 Å². The van der Waals surface area contributed by atoms with Crippen LogP contribution in [0.15, 0.2) is 78.5 Å². The normalized spacial score (nSPS) is 17.4. The van der Waals surface area contributed by atoms with Crippen LogP contribution >= 0.6 is 0 Å². The zero-order valence-corrected chi connectivity index (χ0v) is 21.8. The SMILES string of the molecule is CCOc1ccc(/C(O)=C2\C(=O)C(=O)N(c3ccccc3O)C2c2c[nH]c3ccccc23)cc1C(C)(C)C. The van der Waals surface area contributed by atoms with Gasteiger partial charge in [0, 0.05) is 33.8 Å². The highest BCUT2D eigenvalue weighted by molar-refractivity contribution is 6.52. The van der Waals surface area contributed by atoms with Crippen molar-refractivity contribution in [3.05, 3.63) is 95.2 Å². The van der Waals surface area contributed by atoms with Crippen LogP contribution in [0.3, 0.4) is 0 Å². The Labute approximate surface area is 221 Å². The molecule has 0 aliphatic carbocycles. The summed E-state index contributed by atoms with van der Waals surface area (Å²) >= 11 is 0. The molecule has 194 valence electrons. The van der Waals surface area contributed by atoms with Crippen LogP contribution in [0, 0.1) is 0 Å². The van der Waals surface area contributed by atoms with Crippen LogP contribution < -0.4 is 9.64 Å². The first-order chi connectivity index (χ1) is 18.1. The van der Waals surface area contributed by atoms with Crippen LogP contribution in [0.5, 0.6) is 11.5 Å². The van der Waals surface area contributed by atoms with Gasteiger partial charge in [-0.15, -0.1) is 0 Å². The van der Waals surface area contributed by atoms with Gasteiger partial charge in [0.2, 0.25) is 0 Å². The number of hydrogen-bond donors (Lipinski definition) is 3. The number of phenols is 1. The van der Waals surface area contributed by atoms with Gasteiger partial charge in [0.1, 0.15) is 17.3 Å². The van der Waals surface area contributed by atoms with Crippen molar-refractivity contribution in [1.29, 1.82) is 0 Å². The number of aromatic hydroxyl groups is 1. The molecule has 2 heterocycles. The second kappa shape index (κ2) is 9.41. The molecule has 1 fully saturated rings. The second-order valence-electron chi connectivity index (χ2n) is 10.3. The molecule has 0 spiro atoms. The third kappa shape index (κ3) is 4.10. The Morgan fingerprint density at radius 2 is 1.74 bits per heavy atom. The lowest BCUT2D eigenvalue weighted by molar-refractivity contribution is -0.132. The number of rotatable bonds is 5. The Morgan fingerprint density at radius 1 is 1.03 bits per heavy atom. The summed E-state index contributed by atoms with van der Waals surface area (Å²) in [5, 5.41) is 23.1. The van der Waals surface area contributed by atoms with E-state index in [9.17, 15) is 19.8 Å². The lowest BCUT2D eigenvalue weighted by atomic mass is 9.84. The number of anilines is 1. The average Bonchev–Trinajstić information content (AvgIpc) is 3.42. The number of carbonyl (C=O) groups excluding carboxylic acids is 2. The molecule has 1 aliphatic heterocycles. The summed E-state index contributed by atoms with van der Waals surface area (Å²) in [4.78, 5) is 31.5. The number of aliphatic hydroxyl groups is 1. The zero-order valence-electron chi connectivity index (χ0n) is 21.8. The topological polar surface area (TPSA) is 103 Å². The lowest BCUT2D eigenvalue weighted by Gasteiger charge is -2.26. The fraction of sp³-hybridized carbons (Fsp3) is 0.226. The molecule has 1 saturated heterocycles. The fourth-order valence-corrected chi connectivity index (χ4v) is 5.06. The molecule has 1 amide bonds. The predicted molar refractivity (Wildman–Crippen MR) is 147 cm³/mol. The molecule has 0 radical (unpaired) electrons. The van der Waals surface area contributed by atoms with E-state index < -0.39 is 17.7 Å². The number of aromatic nitrogens is 1. The van der Waals surface area contributed by atoms with Crippen LogP contribution in [0.25, 0.3) is 16.7 Å². The first-order valence-electron chi connectivity index (χ1n) is 12.6. The van der Waals surface area contributed by atoms with Gasteiger partial charge in [0.05, 0.1) is 23.9 Å². The van der Waals surface area contributed by atoms with E-state index in [1.54, 1.807) is 42.6 Å². The van der Waals surface area contributed by atoms with E-state index in [1.807, 2.05) is 52.0 Å². The fourth-order valence-electron chi connectivity index (χ4n) is 5.06. The highest BCUT2D eigenvalue weighted by Gasteiger charge is 2.48. The van der Waals surface area contributed by atoms with E-state index in [-0.39, 0.29) is 28.2 Å². The summed E-state index contributed by atoms with van der Waals surface area (Å²) in [6.07, 6.45) is 1.74. The number of H-pyrrole nitrogens is 1. The number of carbonyl (C=O) groups is 2. The average molecular weight is 511 g/mol. The van der Waals surface area contributed by atoms with Crippen LogP contribution in [0.4, 0.5) is 5.69 Å². The van der Waals surface area contributed by atoms with Gasteiger partial charge in [-0.1, -0.05) is 51.1 Å². The van der Waals surface area contributed by atoms with Crippen molar-refractivity contribution in [2.24, 2.45) is 0 Å². The van der Waals surface area contributed by atoms with Crippen molar-refractivity contribution >= 4 is 34.0 Å². The molecule has 0 bridgehead atoms. The summed E-state index contributed by atoms with van der Waals surface area (Å²) in [5.41, 5.74) is 2.55. The molecule has 0 saturated carbocycles. The smallest absolute Gasteiger partial charge is 0.300 e. The largest absolute Gasteiger partial charge is 0.507 e. The molecule has 4 aromatic rings. The van der Waals surface area contributed by atoms with Crippen molar-refractivity contribution < 1.29 is 24.5 Å². The minimum absolute atomic E-state index is 0.0491. The maximum Gasteiger partial charge on any atom is 0.300 e. The van der Waals surface area contributed by atoms with Gasteiger partial charge in [-0.25, -0.2) is 0 Å². The van der Waals surface area contributed by atoms with Crippen molar-refractivity contribution in [2.45, 2.75) is 39.2 Å². The number of Topliss-reactive ketones (excluding diaryl/α,β-unsaturated/α-hetero) is 1. The number of amides is 1. The second-order valence-corrected chi connectivity index (χ2v) is 10.3. The van der Waals surface area contributed by atoms with Gasteiger partial charge in [0.15, 0.2) is 0 Å². The first-order valence-corrected chi connectivity index (χ1v) is 12.6. The highest BCUT2D eigenvalue weighted by Crippen LogP contribution is 2.46. The van der Waals surface area contributed by atoms with Crippen LogP contribution in [-0.2, 0) is 15.0 Å². The molecule has 1 aliphatic rings. The number of benzene rings is 3. The number of aromatic amines is 1. The first kappa shape index (κ1) is 25.1. The molecule has 7 heteroatoms. The van der Waals surface area contributed by atoms with E-state index in [4.69, 9.17) is 4.74 Å². The van der Waals surface area contributed by atoms with Gasteiger partial charge in [0.25, 0.3) is 11.7 Å². The zero-order chi connectivity index (χ0) is 27.2. The van der Waals surface area contributed by atoms with Gasteiger partial charge < -0.3 is 19.9 Å². The quantitative estimate of drug-likeness (QED) is 0.169. The van der Waals surface area contributed by atoms with Gasteiger partial charge in [-0.3, -0.25) is 14.5 Å². The van der Waals surface area contributed by atoms with Gasteiger partial charge >= 0.3 is 0 Å². The Bertz CT molecular complexity index is 1590. The molecule has 5 rings (SSSR count). The summed E-state index contributed by atoms with van der Waals surface area (Å²) < 4.78 is 5.82. The maximum absolute atomic E-state index is 13.6. The number of aliphatic hydroxyl groups excluding tert-OH is 1. The lowest BCUT2D eigenvalue weighted by Crippen LogP contribution is -2.29. The van der Waals surface area contributed by atoms with Crippen molar-refractivity contribution in [3.8, 4) is 11.5 Å². The predicted octanol–water partition coefficient (Wildman–Crippen LogP) is 6.20. The number of nitrogens with zero attached hydrogens (tertiary/aromatic N) is 1. The molecule has 38 heavy (non-hydrogen) atoms. The summed E-state index contributed by atoms with van der Waals surface area (Å²) in [6, 6.07) is 18.2. The number of ether oxygens (including phenoxy) is 1. The standard InChI is InChI=1S/C31H30N2O5/c1-5-38-25-15-14-18(16-21(25)31(2,3)4)28(35)26-27(20-17-32-22-11-7-6-10-19(20)22)33(30(37)29(26)36)23-12-8-9-13-24(23)34/h6-17,27,32,34-35H,5H2,1-4H3/b28-26+. The van der Waals surface area contributed by atoms with E-state index in [0.29, 0.717) is 23.5 Å². The van der Waals surface area contributed by atoms with Crippen molar-refractivity contribution in [1.82, 2.24) is 4.98 Å². The summed E-state index contributed by atoms with van der Waals surface area (Å²) in [6.45, 7) is 8.51. The van der Waals surface area contributed by atoms with Crippen molar-refractivity contribution in [2.75, 3.05) is 11.5 Å². The highest BCUT2D eigenvalue weighted by atomic mass is 16.5. The van der Waals surface area contributed by atoms with Crippen molar-refractivity contribution in [3.63, 3.8) is 0 Å². The third-order valence-corrected chi connectivity index (χ3v) is 6.86. The minimum atomic E-state index is -0.968. The molecule has 1 unspecified atom stereocenters. The number of ketones is 1. The monoisotopic (exact) mass is 510 g/mol. The van der Waals surface area contributed by atoms with E-state index in [2.05, 4.69) is 4.98 Å². The number of fused-ring (bicyclic) bond motifs is 1.